The quantitative estimate of drug-likeness (QED) is 0.260. The monoisotopic (exact) mass is 505 g/mol. The first-order valence-corrected chi connectivity index (χ1v) is 12.5. The molecule has 3 aromatic carbocycles. The molecule has 5 nitrogen and oxygen atoms in total. The molecule has 1 heterocycles. The highest BCUT2D eigenvalue weighted by atomic mass is 35.5. The lowest BCUT2D eigenvalue weighted by Gasteiger charge is -2.12. The van der Waals surface area contributed by atoms with E-state index in [4.69, 9.17) is 28.2 Å². The molecule has 2 N–H and O–H groups in total. The summed E-state index contributed by atoms with van der Waals surface area (Å²) in [5.74, 6) is 1.05. The van der Waals surface area contributed by atoms with Crippen molar-refractivity contribution in [1.82, 2.24) is 10.3 Å². The summed E-state index contributed by atoms with van der Waals surface area (Å²) in [7, 11) is 0. The number of amides is 1. The third-order valence-corrected chi connectivity index (χ3v) is 6.65. The second-order valence-electron chi connectivity index (χ2n) is 8.94. The minimum atomic E-state index is -0.291. The molecule has 0 saturated heterocycles. The number of anilines is 1. The molecule has 0 fully saturated rings. The van der Waals surface area contributed by atoms with Crippen LogP contribution < -0.4 is 10.6 Å². The maximum Gasteiger partial charge on any atom is 0.257 e. The van der Waals surface area contributed by atoms with Gasteiger partial charge in [0.15, 0.2) is 10.7 Å². The second-order valence-corrected chi connectivity index (χ2v) is 9.75. The zero-order valence-electron chi connectivity index (χ0n) is 20.2. The number of rotatable bonds is 6. The molecule has 1 amide bonds. The molecular formula is C28H28ClN3O2S. The fourth-order valence-corrected chi connectivity index (χ4v) is 4.08. The van der Waals surface area contributed by atoms with E-state index in [1.807, 2.05) is 24.3 Å². The van der Waals surface area contributed by atoms with Crippen molar-refractivity contribution >= 4 is 51.6 Å². The third-order valence-electron chi connectivity index (χ3n) is 6.12. The predicted octanol–water partition coefficient (Wildman–Crippen LogP) is 7.91. The molecule has 0 radical (unpaired) electrons. The Hall–Kier alpha value is -3.22. The number of nitrogens with one attached hydrogen (secondary N) is 2. The number of oxazole rings is 1. The first-order chi connectivity index (χ1) is 16.7. The minimum absolute atomic E-state index is 0.151. The van der Waals surface area contributed by atoms with Crippen LogP contribution >= 0.6 is 23.8 Å². The molecule has 0 unspecified atom stereocenters. The molecule has 4 aromatic rings. The van der Waals surface area contributed by atoms with Crippen LogP contribution in [0.5, 0.6) is 0 Å². The van der Waals surface area contributed by atoms with E-state index in [9.17, 15) is 4.79 Å². The Morgan fingerprint density at radius 1 is 1.03 bits per heavy atom. The van der Waals surface area contributed by atoms with E-state index in [0.29, 0.717) is 34.0 Å². The Bertz CT molecular complexity index is 1380. The normalized spacial score (nSPS) is 12.1. The van der Waals surface area contributed by atoms with Gasteiger partial charge in [0.05, 0.1) is 10.7 Å². The number of carbonyl (C=O) groups excluding carboxylic acids is 1. The number of thiocarbonyl (C=S) groups is 1. The second kappa shape index (κ2) is 10.6. The number of aromatic nitrogens is 1. The first kappa shape index (κ1) is 24.9. The summed E-state index contributed by atoms with van der Waals surface area (Å²) >= 11 is 11.8. The summed E-state index contributed by atoms with van der Waals surface area (Å²) in [6.07, 6.45) is 1.06. The zero-order valence-corrected chi connectivity index (χ0v) is 21.8. The van der Waals surface area contributed by atoms with Crippen LogP contribution in [-0.4, -0.2) is 16.0 Å². The van der Waals surface area contributed by atoms with Crippen molar-refractivity contribution in [2.75, 3.05) is 5.32 Å². The SMILES string of the molecule is CC[C@@H](C)c1ccc2oc(-c3ccc(Cl)c(NC(=S)NC(=O)c4ccc(C(C)C)cc4)c3)nc2c1. The van der Waals surface area contributed by atoms with E-state index in [1.165, 1.54) is 11.1 Å². The molecule has 1 aromatic heterocycles. The maximum atomic E-state index is 12.6. The molecule has 180 valence electrons. The highest BCUT2D eigenvalue weighted by Gasteiger charge is 2.14. The summed E-state index contributed by atoms with van der Waals surface area (Å²) in [6, 6.07) is 19.0. The van der Waals surface area contributed by atoms with E-state index in [2.05, 4.69) is 55.4 Å². The standard InChI is InChI=1S/C28H28ClN3O2S/c1-5-17(4)20-11-13-25-24(14-20)30-27(34-25)21-10-12-22(29)23(15-21)31-28(35)32-26(33)19-8-6-18(7-9-19)16(2)3/h6-17H,5H2,1-4H3,(H2,31,32,33,35)/t17-/m1/s1. The lowest BCUT2D eigenvalue weighted by molar-refractivity contribution is 0.0977. The van der Waals surface area contributed by atoms with Crippen molar-refractivity contribution in [3.63, 3.8) is 0 Å². The van der Waals surface area contributed by atoms with Crippen LogP contribution in [0.4, 0.5) is 5.69 Å². The van der Waals surface area contributed by atoms with Crippen LogP contribution in [0.2, 0.25) is 5.02 Å². The zero-order chi connectivity index (χ0) is 25.1. The largest absolute Gasteiger partial charge is 0.436 e. The molecule has 0 spiro atoms. The van der Waals surface area contributed by atoms with Crippen molar-refractivity contribution in [3.05, 3.63) is 82.4 Å². The molecule has 4 rings (SSSR count). The average molecular weight is 506 g/mol. The first-order valence-electron chi connectivity index (χ1n) is 11.7. The van der Waals surface area contributed by atoms with E-state index in [-0.39, 0.29) is 11.0 Å². The molecule has 0 saturated carbocycles. The van der Waals surface area contributed by atoms with Gasteiger partial charge in [-0.3, -0.25) is 10.1 Å². The fourth-order valence-electron chi connectivity index (χ4n) is 3.71. The van der Waals surface area contributed by atoms with Crippen molar-refractivity contribution in [2.24, 2.45) is 0 Å². The molecule has 0 bridgehead atoms. The molecular weight excluding hydrogens is 478 g/mol. The van der Waals surface area contributed by atoms with Crippen LogP contribution in [0.1, 0.15) is 67.4 Å². The van der Waals surface area contributed by atoms with Gasteiger partial charge in [-0.2, -0.15) is 0 Å². The van der Waals surface area contributed by atoms with E-state index in [0.717, 1.165) is 23.1 Å². The third kappa shape index (κ3) is 5.72. The van der Waals surface area contributed by atoms with Gasteiger partial charge in [0.2, 0.25) is 5.89 Å². The van der Waals surface area contributed by atoms with Crippen molar-refractivity contribution in [3.8, 4) is 11.5 Å². The lowest BCUT2D eigenvalue weighted by atomic mass is 9.98. The number of hydrogen-bond donors (Lipinski definition) is 2. The van der Waals surface area contributed by atoms with Crippen LogP contribution in [0.15, 0.2) is 65.1 Å². The van der Waals surface area contributed by atoms with Crippen LogP contribution in [0, 0.1) is 0 Å². The Kier molecular flexibility index (Phi) is 7.53. The van der Waals surface area contributed by atoms with E-state index < -0.39 is 0 Å². The number of halogens is 1. The van der Waals surface area contributed by atoms with Gasteiger partial charge in [-0.05, 0) is 84.1 Å². The van der Waals surface area contributed by atoms with Crippen LogP contribution in [-0.2, 0) is 0 Å². The topological polar surface area (TPSA) is 67.2 Å². The van der Waals surface area contributed by atoms with Crippen LogP contribution in [0.25, 0.3) is 22.6 Å². The van der Waals surface area contributed by atoms with Crippen LogP contribution in [0.3, 0.4) is 0 Å². The molecule has 35 heavy (non-hydrogen) atoms. The van der Waals surface area contributed by atoms with Crippen molar-refractivity contribution < 1.29 is 9.21 Å². The van der Waals surface area contributed by atoms with E-state index >= 15 is 0 Å². The van der Waals surface area contributed by atoms with Crippen molar-refractivity contribution in [1.29, 1.82) is 0 Å². The Morgan fingerprint density at radius 2 is 1.74 bits per heavy atom. The number of hydrogen-bond acceptors (Lipinski definition) is 4. The molecule has 0 aliphatic rings. The molecule has 0 aliphatic heterocycles. The van der Waals surface area contributed by atoms with Gasteiger partial charge in [-0.1, -0.05) is 57.5 Å². The van der Waals surface area contributed by atoms with E-state index in [1.54, 1.807) is 24.3 Å². The summed E-state index contributed by atoms with van der Waals surface area (Å²) in [6.45, 7) is 8.58. The fraction of sp³-hybridized carbons (Fsp3) is 0.250. The minimum Gasteiger partial charge on any atom is -0.436 e. The highest BCUT2D eigenvalue weighted by Crippen LogP contribution is 2.31. The molecule has 0 aliphatic carbocycles. The van der Waals surface area contributed by atoms with Crippen molar-refractivity contribution in [2.45, 2.75) is 46.0 Å². The Labute approximate surface area is 215 Å². The number of carbonyl (C=O) groups is 1. The van der Waals surface area contributed by atoms with Gasteiger partial charge >= 0.3 is 0 Å². The molecule has 7 heteroatoms. The maximum absolute atomic E-state index is 12.6. The summed E-state index contributed by atoms with van der Waals surface area (Å²) in [5, 5.41) is 6.33. The average Bonchev–Trinajstić information content (AvgIpc) is 3.28. The Balaban J connectivity index is 1.50. The predicted molar refractivity (Wildman–Crippen MR) is 147 cm³/mol. The summed E-state index contributed by atoms with van der Waals surface area (Å²) in [5.41, 5.74) is 5.76. The highest BCUT2D eigenvalue weighted by molar-refractivity contribution is 7.80. The van der Waals surface area contributed by atoms with Gasteiger partial charge < -0.3 is 9.73 Å². The smallest absolute Gasteiger partial charge is 0.257 e. The number of fused-ring (bicyclic) bond motifs is 1. The van der Waals surface area contributed by atoms with Gasteiger partial charge in [-0.15, -0.1) is 0 Å². The summed E-state index contributed by atoms with van der Waals surface area (Å²) < 4.78 is 5.99. The number of benzene rings is 3. The lowest BCUT2D eigenvalue weighted by Crippen LogP contribution is -2.34. The van der Waals surface area contributed by atoms with Gasteiger partial charge in [0, 0.05) is 11.1 Å². The number of nitrogens with zero attached hydrogens (tertiary/aromatic N) is 1. The van der Waals surface area contributed by atoms with Gasteiger partial charge in [0.25, 0.3) is 5.91 Å². The Morgan fingerprint density at radius 3 is 2.43 bits per heavy atom. The van der Waals surface area contributed by atoms with Gasteiger partial charge in [0.1, 0.15) is 5.52 Å². The summed E-state index contributed by atoms with van der Waals surface area (Å²) in [4.78, 5) is 17.3. The van der Waals surface area contributed by atoms with Gasteiger partial charge in [-0.25, -0.2) is 4.98 Å². The molecule has 1 atom stereocenters.